The number of carbonyl (C=O) groups is 3. The molecule has 182 valence electrons. The number of ether oxygens (including phenoxy) is 3. The van der Waals surface area contributed by atoms with Crippen LogP contribution < -0.4 is 9.47 Å². The van der Waals surface area contributed by atoms with Crippen LogP contribution >= 0.6 is 0 Å². The van der Waals surface area contributed by atoms with Crippen LogP contribution in [0.4, 0.5) is 0 Å². The van der Waals surface area contributed by atoms with Crippen molar-refractivity contribution in [3.8, 4) is 11.5 Å². The molecule has 1 unspecified atom stereocenters. The molecule has 1 fully saturated rings. The number of carbonyl (C=O) groups excluding carboxylic acids is 3. The Hall–Kier alpha value is -2.59. The second-order valence-electron chi connectivity index (χ2n) is 8.57. The van der Waals surface area contributed by atoms with Crippen molar-refractivity contribution in [1.82, 2.24) is 0 Å². The van der Waals surface area contributed by atoms with Gasteiger partial charge < -0.3 is 27.5 Å². The average molecular weight is 481 g/mol. The molecular weight excluding hydrogens is 448 g/mol. The highest BCUT2D eigenvalue weighted by atomic mass is 28.4. The van der Waals surface area contributed by atoms with E-state index in [1.807, 2.05) is 25.1 Å². The molecular formula is C23H32O9Si. The van der Waals surface area contributed by atoms with Crippen LogP contribution in [0.5, 0.6) is 11.5 Å². The van der Waals surface area contributed by atoms with E-state index in [1.165, 1.54) is 33.6 Å². The van der Waals surface area contributed by atoms with Gasteiger partial charge in [-0.15, -0.1) is 0 Å². The molecule has 1 aliphatic carbocycles. The Bertz CT molecular complexity index is 840. The van der Waals surface area contributed by atoms with Gasteiger partial charge in [-0.05, 0) is 37.5 Å². The average Bonchev–Trinajstić information content (AvgIpc) is 3.25. The van der Waals surface area contributed by atoms with Gasteiger partial charge in [-0.1, -0.05) is 12.8 Å². The summed E-state index contributed by atoms with van der Waals surface area (Å²) in [6, 6.07) is 5.64. The van der Waals surface area contributed by atoms with Gasteiger partial charge in [0.15, 0.2) is 0 Å². The molecule has 1 aliphatic heterocycles. The minimum atomic E-state index is -3.84. The standard InChI is InChI=1S/C23H32O9Si/c1-16(24)30-33(31-17(2)25,32-18(3)26)13-7-12-27-21-10-11-22-19(14-21)15-28-23(4,29-22)20-8-5-6-9-20/h10-11,14,20H,5-9,12-13,15H2,1-4H3. The molecule has 3 rings (SSSR count). The van der Waals surface area contributed by atoms with Crippen molar-refractivity contribution in [2.24, 2.45) is 5.92 Å². The maximum absolute atomic E-state index is 11.5. The summed E-state index contributed by atoms with van der Waals surface area (Å²) in [5.41, 5.74) is 0.909. The van der Waals surface area contributed by atoms with Gasteiger partial charge in [0.05, 0.1) is 19.3 Å². The number of hydrogen-bond donors (Lipinski definition) is 0. The van der Waals surface area contributed by atoms with Crippen LogP contribution in [0.3, 0.4) is 0 Å². The Morgan fingerprint density at radius 2 is 1.64 bits per heavy atom. The first-order valence-electron chi connectivity index (χ1n) is 11.3. The summed E-state index contributed by atoms with van der Waals surface area (Å²) in [5.74, 6) is -0.834. The largest absolute Gasteiger partial charge is 0.705 e. The second kappa shape index (κ2) is 10.6. The molecule has 1 aromatic carbocycles. The van der Waals surface area contributed by atoms with E-state index < -0.39 is 32.5 Å². The number of hydrogen-bond acceptors (Lipinski definition) is 9. The van der Waals surface area contributed by atoms with Crippen molar-refractivity contribution in [1.29, 1.82) is 0 Å². The van der Waals surface area contributed by atoms with Crippen molar-refractivity contribution in [2.45, 2.75) is 78.2 Å². The molecule has 0 bridgehead atoms. The van der Waals surface area contributed by atoms with Crippen molar-refractivity contribution >= 4 is 26.7 Å². The molecule has 0 radical (unpaired) electrons. The Morgan fingerprint density at radius 1 is 1.03 bits per heavy atom. The van der Waals surface area contributed by atoms with Crippen LogP contribution in [0.2, 0.25) is 6.04 Å². The Kier molecular flexibility index (Phi) is 8.01. The van der Waals surface area contributed by atoms with E-state index in [1.54, 1.807) is 0 Å². The maximum Gasteiger partial charge on any atom is 0.705 e. The molecule has 1 aromatic rings. The molecule has 1 saturated carbocycles. The molecule has 1 atom stereocenters. The molecule has 9 nitrogen and oxygen atoms in total. The molecule has 0 amide bonds. The summed E-state index contributed by atoms with van der Waals surface area (Å²) >= 11 is 0. The van der Waals surface area contributed by atoms with E-state index in [0.717, 1.165) is 24.2 Å². The highest BCUT2D eigenvalue weighted by Crippen LogP contribution is 2.42. The summed E-state index contributed by atoms with van der Waals surface area (Å²) in [7, 11) is -3.84. The number of fused-ring (bicyclic) bond motifs is 1. The summed E-state index contributed by atoms with van der Waals surface area (Å²) in [5, 5.41) is 0. The van der Waals surface area contributed by atoms with Gasteiger partial charge in [0.25, 0.3) is 17.9 Å². The molecule has 0 spiro atoms. The monoisotopic (exact) mass is 480 g/mol. The van der Waals surface area contributed by atoms with Gasteiger partial charge in [0, 0.05) is 39.2 Å². The van der Waals surface area contributed by atoms with Crippen molar-refractivity contribution < 1.29 is 41.9 Å². The molecule has 33 heavy (non-hydrogen) atoms. The van der Waals surface area contributed by atoms with Crippen LogP contribution in [0.15, 0.2) is 18.2 Å². The first-order valence-corrected chi connectivity index (χ1v) is 13.2. The summed E-state index contributed by atoms with van der Waals surface area (Å²) in [4.78, 5) is 34.6. The number of rotatable bonds is 9. The molecule has 2 aliphatic rings. The normalized spacial score (nSPS) is 20.4. The second-order valence-corrected chi connectivity index (χ2v) is 11.1. The predicted octanol–water partition coefficient (Wildman–Crippen LogP) is 3.90. The quantitative estimate of drug-likeness (QED) is 0.384. The molecule has 0 saturated heterocycles. The fraction of sp³-hybridized carbons (Fsp3) is 0.609. The Morgan fingerprint density at radius 3 is 2.21 bits per heavy atom. The van der Waals surface area contributed by atoms with Crippen LogP contribution in [0.1, 0.15) is 65.4 Å². The van der Waals surface area contributed by atoms with Gasteiger partial charge in [-0.2, -0.15) is 0 Å². The van der Waals surface area contributed by atoms with Gasteiger partial charge in [0.2, 0.25) is 5.79 Å². The lowest BCUT2D eigenvalue weighted by atomic mass is 9.97. The zero-order chi connectivity index (χ0) is 24.1. The fourth-order valence-electron chi connectivity index (χ4n) is 4.33. The Labute approximate surface area is 195 Å². The maximum atomic E-state index is 11.5. The predicted molar refractivity (Wildman–Crippen MR) is 118 cm³/mol. The Balaban J connectivity index is 1.58. The van der Waals surface area contributed by atoms with Crippen LogP contribution in [-0.4, -0.2) is 39.1 Å². The fourth-order valence-corrected chi connectivity index (χ4v) is 6.65. The van der Waals surface area contributed by atoms with E-state index in [-0.39, 0.29) is 12.7 Å². The van der Waals surface area contributed by atoms with Crippen LogP contribution in [0.25, 0.3) is 0 Å². The molecule has 0 aromatic heterocycles. The third kappa shape index (κ3) is 6.70. The molecule has 0 N–H and O–H groups in total. The lowest BCUT2D eigenvalue weighted by molar-refractivity contribution is -0.224. The zero-order valence-corrected chi connectivity index (χ0v) is 20.6. The lowest BCUT2D eigenvalue weighted by Gasteiger charge is -2.40. The smallest absolute Gasteiger partial charge is 0.494 e. The van der Waals surface area contributed by atoms with Crippen molar-refractivity contribution in [2.75, 3.05) is 6.61 Å². The van der Waals surface area contributed by atoms with Gasteiger partial charge >= 0.3 is 8.80 Å². The van der Waals surface area contributed by atoms with E-state index in [4.69, 9.17) is 27.5 Å². The van der Waals surface area contributed by atoms with Gasteiger partial charge in [0.1, 0.15) is 11.5 Å². The van der Waals surface area contributed by atoms with Gasteiger partial charge in [-0.3, -0.25) is 14.4 Å². The van der Waals surface area contributed by atoms with E-state index in [2.05, 4.69) is 0 Å². The third-order valence-corrected chi connectivity index (χ3v) is 8.51. The van der Waals surface area contributed by atoms with E-state index in [0.29, 0.717) is 24.7 Å². The molecule has 1 heterocycles. The van der Waals surface area contributed by atoms with Crippen molar-refractivity contribution in [3.63, 3.8) is 0 Å². The summed E-state index contributed by atoms with van der Waals surface area (Å²) in [6.07, 6.45) is 4.99. The van der Waals surface area contributed by atoms with E-state index in [9.17, 15) is 14.4 Å². The molecule has 10 heteroatoms. The first-order chi connectivity index (χ1) is 15.6. The van der Waals surface area contributed by atoms with E-state index >= 15 is 0 Å². The zero-order valence-electron chi connectivity index (χ0n) is 19.6. The minimum absolute atomic E-state index is 0.0582. The summed E-state index contributed by atoms with van der Waals surface area (Å²) in [6.45, 7) is 6.20. The van der Waals surface area contributed by atoms with Gasteiger partial charge in [-0.25, -0.2) is 0 Å². The third-order valence-electron chi connectivity index (χ3n) is 5.75. The SMILES string of the molecule is CC(=O)O[Si](CCCOc1ccc2c(c1)COC(C)(C1CCCC1)O2)(OC(C)=O)OC(C)=O. The van der Waals surface area contributed by atoms with Crippen LogP contribution in [0, 0.1) is 5.92 Å². The highest BCUT2D eigenvalue weighted by Gasteiger charge is 2.51. The van der Waals surface area contributed by atoms with Crippen molar-refractivity contribution in [3.05, 3.63) is 23.8 Å². The highest BCUT2D eigenvalue weighted by molar-refractivity contribution is 6.65. The number of benzene rings is 1. The van der Waals surface area contributed by atoms with Crippen LogP contribution in [-0.2, 0) is 39.0 Å². The first kappa shape index (κ1) is 25.0. The minimum Gasteiger partial charge on any atom is -0.494 e. The lowest BCUT2D eigenvalue weighted by Crippen LogP contribution is -2.49. The topological polar surface area (TPSA) is 107 Å². The summed E-state index contributed by atoms with van der Waals surface area (Å²) < 4.78 is 33.7.